The van der Waals surface area contributed by atoms with Gasteiger partial charge in [0.1, 0.15) is 4.90 Å². The molecule has 0 aliphatic carbocycles. The monoisotopic (exact) mass is 292 g/mol. The number of rotatable bonds is 5. The minimum Gasteiger partial charge on any atom is -0.325 e. The van der Waals surface area contributed by atoms with E-state index in [0.29, 0.717) is 5.69 Å². The van der Waals surface area contributed by atoms with E-state index in [9.17, 15) is 8.42 Å². The average Bonchev–Trinajstić information content (AvgIpc) is 2.47. The molecule has 0 aliphatic rings. The molecule has 2 rings (SSSR count). The van der Waals surface area contributed by atoms with Crippen LogP contribution in [0.5, 0.6) is 0 Å². The fourth-order valence-corrected chi connectivity index (χ4v) is 2.52. The van der Waals surface area contributed by atoms with Crippen LogP contribution in [0.15, 0.2) is 41.6 Å². The van der Waals surface area contributed by atoms with Gasteiger partial charge in [0, 0.05) is 31.2 Å². The van der Waals surface area contributed by atoms with E-state index in [1.54, 1.807) is 12.3 Å². The van der Waals surface area contributed by atoms with Crippen LogP contribution in [0.4, 0.5) is 0 Å². The van der Waals surface area contributed by atoms with Gasteiger partial charge in [-0.15, -0.1) is 0 Å². The molecule has 0 aliphatic heterocycles. The predicted octanol–water partition coefficient (Wildman–Crippen LogP) is 0.722. The third-order valence-corrected chi connectivity index (χ3v) is 4.14. The van der Waals surface area contributed by atoms with Crippen molar-refractivity contribution in [3.05, 3.63) is 53.6 Å². The third-order valence-electron chi connectivity index (χ3n) is 2.76. The van der Waals surface area contributed by atoms with Gasteiger partial charge < -0.3 is 5.73 Å². The van der Waals surface area contributed by atoms with Gasteiger partial charge in [0.05, 0.1) is 5.69 Å². The molecule has 0 bridgehead atoms. The standard InChI is InChI=1S/C13H16N4O2S/c1-10-2-3-11(7-15-10)8-17-20(18,19)13-5-4-12(6-14)16-9-13/h2-5,7,9,17H,6,8,14H2,1H3. The van der Waals surface area contributed by atoms with Crippen LogP contribution in [0.3, 0.4) is 0 Å². The first kappa shape index (κ1) is 14.6. The molecule has 0 saturated heterocycles. The summed E-state index contributed by atoms with van der Waals surface area (Å²) in [4.78, 5) is 8.21. The van der Waals surface area contributed by atoms with E-state index in [-0.39, 0.29) is 18.0 Å². The molecule has 0 aromatic carbocycles. The number of sulfonamides is 1. The molecule has 7 heteroatoms. The number of aryl methyl sites for hydroxylation is 1. The maximum absolute atomic E-state index is 12.1. The topological polar surface area (TPSA) is 98.0 Å². The lowest BCUT2D eigenvalue weighted by molar-refractivity contribution is 0.580. The zero-order valence-corrected chi connectivity index (χ0v) is 11.9. The quantitative estimate of drug-likeness (QED) is 0.846. The first-order valence-electron chi connectivity index (χ1n) is 6.07. The van der Waals surface area contributed by atoms with Gasteiger partial charge in [-0.3, -0.25) is 9.97 Å². The number of nitrogens with one attached hydrogen (secondary N) is 1. The summed E-state index contributed by atoms with van der Waals surface area (Å²) in [6.07, 6.45) is 2.95. The molecule has 0 unspecified atom stereocenters. The smallest absolute Gasteiger partial charge is 0.242 e. The predicted molar refractivity (Wildman–Crippen MR) is 75.1 cm³/mol. The van der Waals surface area contributed by atoms with E-state index >= 15 is 0 Å². The number of nitrogens with two attached hydrogens (primary N) is 1. The molecule has 2 aromatic heterocycles. The molecule has 2 aromatic rings. The van der Waals surface area contributed by atoms with Crippen molar-refractivity contribution in [3.63, 3.8) is 0 Å². The Morgan fingerprint density at radius 1 is 1.15 bits per heavy atom. The average molecular weight is 292 g/mol. The second-order valence-electron chi connectivity index (χ2n) is 4.32. The first-order chi connectivity index (χ1) is 9.51. The molecule has 106 valence electrons. The maximum atomic E-state index is 12.1. The van der Waals surface area contributed by atoms with Crippen LogP contribution >= 0.6 is 0 Å². The summed E-state index contributed by atoms with van der Waals surface area (Å²) in [6, 6.07) is 6.76. The van der Waals surface area contributed by atoms with Crippen molar-refractivity contribution in [2.45, 2.75) is 24.9 Å². The highest BCUT2D eigenvalue weighted by Gasteiger charge is 2.14. The Balaban J connectivity index is 2.08. The van der Waals surface area contributed by atoms with Gasteiger partial charge in [0.2, 0.25) is 10.0 Å². The second kappa shape index (κ2) is 6.08. The van der Waals surface area contributed by atoms with Crippen molar-refractivity contribution >= 4 is 10.0 Å². The van der Waals surface area contributed by atoms with E-state index in [1.165, 1.54) is 12.3 Å². The van der Waals surface area contributed by atoms with Crippen LogP contribution < -0.4 is 10.5 Å². The van der Waals surface area contributed by atoms with Crippen LogP contribution in [-0.4, -0.2) is 18.4 Å². The Kier molecular flexibility index (Phi) is 4.43. The van der Waals surface area contributed by atoms with Crippen molar-refractivity contribution in [2.75, 3.05) is 0 Å². The van der Waals surface area contributed by atoms with Crippen molar-refractivity contribution in [1.82, 2.24) is 14.7 Å². The van der Waals surface area contributed by atoms with Gasteiger partial charge >= 0.3 is 0 Å². The van der Waals surface area contributed by atoms with Crippen LogP contribution in [-0.2, 0) is 23.1 Å². The van der Waals surface area contributed by atoms with Gasteiger partial charge in [-0.05, 0) is 30.7 Å². The second-order valence-corrected chi connectivity index (χ2v) is 6.09. The molecule has 0 fully saturated rings. The normalized spacial score (nSPS) is 11.5. The highest BCUT2D eigenvalue weighted by molar-refractivity contribution is 7.89. The molecule has 3 N–H and O–H groups in total. The molecule has 20 heavy (non-hydrogen) atoms. The molecule has 0 amide bonds. The molecule has 2 heterocycles. The van der Waals surface area contributed by atoms with Gasteiger partial charge in [-0.25, -0.2) is 13.1 Å². The van der Waals surface area contributed by atoms with Crippen molar-refractivity contribution in [2.24, 2.45) is 5.73 Å². The Morgan fingerprint density at radius 2 is 1.95 bits per heavy atom. The number of hydrogen-bond donors (Lipinski definition) is 2. The van der Waals surface area contributed by atoms with Crippen molar-refractivity contribution in [3.8, 4) is 0 Å². The van der Waals surface area contributed by atoms with E-state index in [2.05, 4.69) is 14.7 Å². The molecule has 0 radical (unpaired) electrons. The minimum absolute atomic E-state index is 0.120. The lowest BCUT2D eigenvalue weighted by Crippen LogP contribution is -2.23. The Bertz CT molecular complexity index is 667. The van der Waals surface area contributed by atoms with Crippen molar-refractivity contribution in [1.29, 1.82) is 0 Å². The summed E-state index contributed by atoms with van der Waals surface area (Å²) in [5, 5.41) is 0. The number of aromatic nitrogens is 2. The summed E-state index contributed by atoms with van der Waals surface area (Å²) in [7, 11) is -3.57. The Morgan fingerprint density at radius 3 is 2.50 bits per heavy atom. The van der Waals surface area contributed by atoms with Crippen LogP contribution in [0.1, 0.15) is 17.0 Å². The Hall–Kier alpha value is -1.83. The van der Waals surface area contributed by atoms with Crippen molar-refractivity contribution < 1.29 is 8.42 Å². The SMILES string of the molecule is Cc1ccc(CNS(=O)(=O)c2ccc(CN)nc2)cn1. The molecule has 0 spiro atoms. The molecule has 0 atom stereocenters. The largest absolute Gasteiger partial charge is 0.325 e. The maximum Gasteiger partial charge on any atom is 0.242 e. The highest BCUT2D eigenvalue weighted by atomic mass is 32.2. The first-order valence-corrected chi connectivity index (χ1v) is 7.56. The van der Waals surface area contributed by atoms with Crippen LogP contribution in [0.2, 0.25) is 0 Å². The van der Waals surface area contributed by atoms with E-state index in [0.717, 1.165) is 11.3 Å². The molecular weight excluding hydrogens is 276 g/mol. The zero-order chi connectivity index (χ0) is 14.6. The third kappa shape index (κ3) is 3.60. The number of hydrogen-bond acceptors (Lipinski definition) is 5. The van der Waals surface area contributed by atoms with E-state index in [4.69, 9.17) is 5.73 Å². The highest BCUT2D eigenvalue weighted by Crippen LogP contribution is 2.09. The lowest BCUT2D eigenvalue weighted by atomic mass is 10.2. The number of pyridine rings is 2. The fraction of sp³-hybridized carbons (Fsp3) is 0.231. The number of nitrogens with zero attached hydrogens (tertiary/aromatic N) is 2. The van der Waals surface area contributed by atoms with Gasteiger partial charge in [0.15, 0.2) is 0 Å². The van der Waals surface area contributed by atoms with Crippen LogP contribution in [0, 0.1) is 6.92 Å². The van der Waals surface area contributed by atoms with E-state index in [1.807, 2.05) is 19.1 Å². The van der Waals surface area contributed by atoms with Gasteiger partial charge in [0.25, 0.3) is 0 Å². The molecule has 6 nitrogen and oxygen atoms in total. The summed E-state index contributed by atoms with van der Waals surface area (Å²) < 4.78 is 26.6. The summed E-state index contributed by atoms with van der Waals surface area (Å²) >= 11 is 0. The zero-order valence-electron chi connectivity index (χ0n) is 11.1. The minimum atomic E-state index is -3.57. The van der Waals surface area contributed by atoms with Crippen LogP contribution in [0.25, 0.3) is 0 Å². The molecule has 0 saturated carbocycles. The summed E-state index contributed by atoms with van der Waals surface area (Å²) in [5.41, 5.74) is 7.75. The van der Waals surface area contributed by atoms with E-state index < -0.39 is 10.0 Å². The summed E-state index contributed by atoms with van der Waals surface area (Å²) in [5.74, 6) is 0. The van der Waals surface area contributed by atoms with Gasteiger partial charge in [-0.1, -0.05) is 6.07 Å². The summed E-state index contributed by atoms with van der Waals surface area (Å²) in [6.45, 7) is 2.34. The fourth-order valence-electron chi connectivity index (χ4n) is 1.56. The molecular formula is C13H16N4O2S. The Labute approximate surface area is 118 Å². The van der Waals surface area contributed by atoms with Gasteiger partial charge in [-0.2, -0.15) is 0 Å². The lowest BCUT2D eigenvalue weighted by Gasteiger charge is -2.07.